The highest BCUT2D eigenvalue weighted by Crippen LogP contribution is 2.35. The minimum absolute atomic E-state index is 0.0306. The first-order valence-electron chi connectivity index (χ1n) is 10.3. The van der Waals surface area contributed by atoms with Crippen LogP contribution in [0.4, 0.5) is 10.1 Å². The molecule has 0 N–H and O–H groups in total. The van der Waals surface area contributed by atoms with Gasteiger partial charge >= 0.3 is 0 Å². The molecule has 6 heteroatoms. The minimum Gasteiger partial charge on any atom is -0.360 e. The van der Waals surface area contributed by atoms with E-state index in [-0.39, 0.29) is 11.5 Å². The van der Waals surface area contributed by atoms with E-state index in [0.717, 1.165) is 50.3 Å². The van der Waals surface area contributed by atoms with Crippen molar-refractivity contribution in [3.8, 4) is 0 Å². The number of morpholine rings is 1. The topological polar surface area (TPSA) is 45.7 Å². The van der Waals surface area contributed by atoms with Crippen LogP contribution in [0.5, 0.6) is 0 Å². The van der Waals surface area contributed by atoms with Crippen molar-refractivity contribution < 1.29 is 13.9 Å². The minimum atomic E-state index is -0.450. The molecule has 154 valence electrons. The summed E-state index contributed by atoms with van der Waals surface area (Å²) in [6.07, 6.45) is 3.86. The second-order valence-electron chi connectivity index (χ2n) is 8.08. The fraction of sp³-hybridized carbons (Fsp3) is 0.478. The summed E-state index contributed by atoms with van der Waals surface area (Å²) < 4.78 is 19.1. The Morgan fingerprint density at radius 1 is 1.21 bits per heavy atom. The Morgan fingerprint density at radius 3 is 2.69 bits per heavy atom. The average molecular weight is 397 g/mol. The number of carbonyl (C=O) groups is 1. The van der Waals surface area contributed by atoms with Gasteiger partial charge in [0.1, 0.15) is 12.8 Å². The van der Waals surface area contributed by atoms with Crippen LogP contribution in [0.2, 0.25) is 0 Å². The number of piperidine rings is 1. The Morgan fingerprint density at radius 2 is 1.97 bits per heavy atom. The molecule has 2 aromatic rings. The number of amides is 1. The number of benzene rings is 1. The third-order valence-electron chi connectivity index (χ3n) is 6.04. The molecule has 1 unspecified atom stereocenters. The molecule has 0 bridgehead atoms. The Kier molecular flexibility index (Phi) is 5.92. The zero-order valence-corrected chi connectivity index (χ0v) is 16.9. The van der Waals surface area contributed by atoms with Gasteiger partial charge in [-0.05, 0) is 49.6 Å². The highest BCUT2D eigenvalue weighted by molar-refractivity contribution is 5.97. The molecule has 1 amide bonds. The molecule has 29 heavy (non-hydrogen) atoms. The number of halogens is 1. The molecule has 2 aliphatic heterocycles. The van der Waals surface area contributed by atoms with Crippen LogP contribution in [-0.4, -0.2) is 53.7 Å². The van der Waals surface area contributed by atoms with Gasteiger partial charge in [-0.25, -0.2) is 4.39 Å². The Hall–Kier alpha value is -2.31. The van der Waals surface area contributed by atoms with Crippen LogP contribution < -0.4 is 4.90 Å². The zero-order valence-electron chi connectivity index (χ0n) is 16.9. The lowest BCUT2D eigenvalue weighted by molar-refractivity contribution is -0.161. The largest absolute Gasteiger partial charge is 0.360 e. The number of para-hydroxylation sites is 1. The number of rotatable bonds is 5. The number of alkyl halides is 1. The van der Waals surface area contributed by atoms with Gasteiger partial charge < -0.3 is 14.5 Å². The second kappa shape index (κ2) is 8.59. The zero-order chi connectivity index (χ0) is 20.3. The fourth-order valence-electron chi connectivity index (χ4n) is 4.36. The molecule has 1 aromatic heterocycles. The third kappa shape index (κ3) is 4.49. The highest BCUT2D eigenvalue weighted by Gasteiger charge is 2.45. The van der Waals surface area contributed by atoms with Crippen molar-refractivity contribution in [1.29, 1.82) is 0 Å². The first kappa shape index (κ1) is 20.0. The van der Waals surface area contributed by atoms with E-state index in [1.807, 2.05) is 48.2 Å². The lowest BCUT2D eigenvalue weighted by Gasteiger charge is -2.49. The van der Waals surface area contributed by atoms with Gasteiger partial charge in [-0.3, -0.25) is 9.78 Å². The van der Waals surface area contributed by atoms with Crippen molar-refractivity contribution in [2.75, 3.05) is 31.1 Å². The number of hydrogen-bond donors (Lipinski definition) is 0. The van der Waals surface area contributed by atoms with E-state index < -0.39 is 12.8 Å². The van der Waals surface area contributed by atoms with Crippen LogP contribution in [0.15, 0.2) is 48.7 Å². The lowest BCUT2D eigenvalue weighted by Crippen LogP contribution is -2.61. The normalized spacial score (nSPS) is 22.2. The summed E-state index contributed by atoms with van der Waals surface area (Å²) in [4.78, 5) is 21.3. The van der Waals surface area contributed by atoms with Crippen molar-refractivity contribution in [2.24, 2.45) is 0 Å². The molecule has 0 radical (unpaired) electrons. The highest BCUT2D eigenvalue weighted by atomic mass is 19.1. The van der Waals surface area contributed by atoms with Crippen molar-refractivity contribution in [3.63, 3.8) is 0 Å². The molecular formula is C23H28FN3O2. The number of anilines is 1. The van der Waals surface area contributed by atoms with Crippen LogP contribution in [0.25, 0.3) is 0 Å². The molecule has 4 rings (SSSR count). The smallest absolute Gasteiger partial charge is 0.255 e. The Labute approximate surface area is 171 Å². The molecule has 5 nitrogen and oxygen atoms in total. The molecule has 2 aliphatic rings. The number of carbonyl (C=O) groups excluding carboxylic acids is 1. The van der Waals surface area contributed by atoms with Crippen LogP contribution in [0.1, 0.15) is 31.0 Å². The van der Waals surface area contributed by atoms with Gasteiger partial charge in [-0.2, -0.15) is 0 Å². The molecule has 2 fully saturated rings. The summed E-state index contributed by atoms with van der Waals surface area (Å²) in [7, 11) is 0. The molecule has 1 atom stereocenters. The van der Waals surface area contributed by atoms with E-state index in [0.29, 0.717) is 12.1 Å². The number of pyridine rings is 1. The summed E-state index contributed by atoms with van der Waals surface area (Å²) in [6, 6.07) is 13.4. The average Bonchev–Trinajstić information content (AvgIpc) is 2.77. The molecule has 3 heterocycles. The predicted molar refractivity (Wildman–Crippen MR) is 111 cm³/mol. The standard InChI is InChI=1S/C23H28FN3O2/c1-18-22(28)27(21-5-3-2-4-6-21)17-23(29-18)9-13-26(14-10-23)12-8-20-15-19(16-24)7-11-25-20/h2-7,11,15,18H,8-10,12-14,16-17H2,1H3. The van der Waals surface area contributed by atoms with Gasteiger partial charge in [0.15, 0.2) is 0 Å². The monoisotopic (exact) mass is 397 g/mol. The van der Waals surface area contributed by atoms with E-state index in [4.69, 9.17) is 4.74 Å². The van der Waals surface area contributed by atoms with Gasteiger partial charge in [0, 0.05) is 43.6 Å². The number of nitrogens with zero attached hydrogens (tertiary/aromatic N) is 3. The first-order valence-corrected chi connectivity index (χ1v) is 10.3. The summed E-state index contributed by atoms with van der Waals surface area (Å²) >= 11 is 0. The van der Waals surface area contributed by atoms with Crippen LogP contribution in [0.3, 0.4) is 0 Å². The Balaban J connectivity index is 1.37. The summed E-state index contributed by atoms with van der Waals surface area (Å²) in [5.41, 5.74) is 2.27. The van der Waals surface area contributed by atoms with E-state index >= 15 is 0 Å². The van der Waals surface area contributed by atoms with Gasteiger partial charge in [-0.1, -0.05) is 18.2 Å². The molecule has 1 aromatic carbocycles. The number of likely N-dealkylation sites (tertiary alicyclic amines) is 1. The SMILES string of the molecule is CC1OC2(CCN(CCc3cc(CF)ccn3)CC2)CN(c2ccccc2)C1=O. The maximum absolute atomic E-state index is 12.8. The number of hydrogen-bond acceptors (Lipinski definition) is 4. The molecule has 0 aliphatic carbocycles. The van der Waals surface area contributed by atoms with E-state index in [1.165, 1.54) is 0 Å². The van der Waals surface area contributed by atoms with Crippen molar-refractivity contribution in [1.82, 2.24) is 9.88 Å². The Bertz CT molecular complexity index is 837. The maximum Gasteiger partial charge on any atom is 0.255 e. The first-order chi connectivity index (χ1) is 14.1. The summed E-state index contributed by atoms with van der Waals surface area (Å²) in [6.45, 7) is 4.76. The second-order valence-corrected chi connectivity index (χ2v) is 8.08. The summed E-state index contributed by atoms with van der Waals surface area (Å²) in [5, 5.41) is 0. The van der Waals surface area contributed by atoms with Crippen molar-refractivity contribution >= 4 is 11.6 Å². The van der Waals surface area contributed by atoms with E-state index in [2.05, 4.69) is 9.88 Å². The van der Waals surface area contributed by atoms with Gasteiger partial charge in [0.2, 0.25) is 0 Å². The molecule has 2 saturated heterocycles. The number of ether oxygens (including phenoxy) is 1. The van der Waals surface area contributed by atoms with Gasteiger partial charge in [-0.15, -0.1) is 0 Å². The number of aromatic nitrogens is 1. The summed E-state index contributed by atoms with van der Waals surface area (Å²) in [5.74, 6) is 0.0306. The van der Waals surface area contributed by atoms with Crippen LogP contribution >= 0.6 is 0 Å². The van der Waals surface area contributed by atoms with Crippen molar-refractivity contribution in [2.45, 2.75) is 44.6 Å². The molecule has 0 saturated carbocycles. The van der Waals surface area contributed by atoms with Crippen LogP contribution in [-0.2, 0) is 22.6 Å². The fourth-order valence-corrected chi connectivity index (χ4v) is 4.36. The molecule has 1 spiro atoms. The molecular weight excluding hydrogens is 369 g/mol. The quantitative estimate of drug-likeness (QED) is 0.776. The lowest BCUT2D eigenvalue weighted by atomic mass is 9.88. The van der Waals surface area contributed by atoms with E-state index in [1.54, 1.807) is 12.3 Å². The predicted octanol–water partition coefficient (Wildman–Crippen LogP) is 3.38. The van der Waals surface area contributed by atoms with Gasteiger partial charge in [0.25, 0.3) is 5.91 Å². The van der Waals surface area contributed by atoms with Crippen molar-refractivity contribution in [3.05, 3.63) is 59.9 Å². The maximum atomic E-state index is 12.8. The van der Waals surface area contributed by atoms with Crippen LogP contribution in [0, 0.1) is 0 Å². The van der Waals surface area contributed by atoms with Gasteiger partial charge in [0.05, 0.1) is 12.1 Å². The third-order valence-corrected chi connectivity index (χ3v) is 6.04. The van der Waals surface area contributed by atoms with E-state index in [9.17, 15) is 9.18 Å².